The average Bonchev–Trinajstić information content (AvgIpc) is 2.75. The van der Waals surface area contributed by atoms with Crippen molar-refractivity contribution in [3.8, 4) is 0 Å². The molecule has 3 aromatic rings. The van der Waals surface area contributed by atoms with Crippen LogP contribution < -0.4 is 0 Å². The zero-order valence-electron chi connectivity index (χ0n) is 18.4. The van der Waals surface area contributed by atoms with E-state index >= 15 is 0 Å². The van der Waals surface area contributed by atoms with Crippen molar-refractivity contribution in [3.63, 3.8) is 0 Å². The molecule has 164 valence electrons. The fourth-order valence-electron chi connectivity index (χ4n) is 3.93. The molecular weight excluding hydrogens is 406 g/mol. The SMILES string of the molecule is CN(CCC(c1ccccc1)c1ccccc1)CC(C)(C)OS(=O)(=O)c1ccccc1. The Balaban J connectivity index is 1.65. The van der Waals surface area contributed by atoms with Crippen molar-refractivity contribution in [1.82, 2.24) is 4.90 Å². The van der Waals surface area contributed by atoms with Gasteiger partial charge in [-0.3, -0.25) is 4.18 Å². The van der Waals surface area contributed by atoms with Crippen molar-refractivity contribution in [2.75, 3.05) is 20.1 Å². The number of rotatable bonds is 10. The quantitative estimate of drug-likeness (QED) is 0.403. The molecule has 3 aromatic carbocycles. The highest BCUT2D eigenvalue weighted by atomic mass is 32.2. The van der Waals surface area contributed by atoms with Gasteiger partial charge in [-0.2, -0.15) is 8.42 Å². The van der Waals surface area contributed by atoms with Crippen LogP contribution in [-0.2, 0) is 14.3 Å². The number of hydrogen-bond acceptors (Lipinski definition) is 4. The van der Waals surface area contributed by atoms with Gasteiger partial charge < -0.3 is 4.90 Å². The minimum Gasteiger partial charge on any atom is -0.303 e. The van der Waals surface area contributed by atoms with Crippen LogP contribution in [0.5, 0.6) is 0 Å². The zero-order chi connectivity index (χ0) is 22.3. The third kappa shape index (κ3) is 6.76. The monoisotopic (exact) mass is 437 g/mol. The van der Waals surface area contributed by atoms with Gasteiger partial charge in [0.1, 0.15) is 0 Å². The molecular formula is C26H31NO3S. The Bertz CT molecular complexity index is 996. The Morgan fingerprint density at radius 2 is 1.26 bits per heavy atom. The first kappa shape index (κ1) is 23.2. The van der Waals surface area contributed by atoms with E-state index in [1.54, 1.807) is 30.3 Å². The largest absolute Gasteiger partial charge is 0.303 e. The molecule has 3 rings (SSSR count). The van der Waals surface area contributed by atoms with Crippen LogP contribution in [-0.4, -0.2) is 39.1 Å². The molecule has 0 aliphatic heterocycles. The fourth-order valence-corrected chi connectivity index (χ4v) is 5.17. The van der Waals surface area contributed by atoms with Crippen LogP contribution in [0.1, 0.15) is 37.3 Å². The molecule has 5 heteroatoms. The van der Waals surface area contributed by atoms with E-state index in [9.17, 15) is 8.42 Å². The minimum absolute atomic E-state index is 0.180. The lowest BCUT2D eigenvalue weighted by Gasteiger charge is -2.30. The predicted molar refractivity (Wildman–Crippen MR) is 126 cm³/mol. The van der Waals surface area contributed by atoms with Gasteiger partial charge in [0.25, 0.3) is 10.1 Å². The molecule has 0 bridgehead atoms. The molecule has 0 amide bonds. The number of likely N-dealkylation sites (N-methyl/N-ethyl adjacent to an activating group) is 1. The standard InChI is InChI=1S/C26H31NO3S/c1-26(2,30-31(28,29)24-17-11-6-12-18-24)21-27(3)20-19-25(22-13-7-4-8-14-22)23-15-9-5-10-16-23/h4-18,25H,19-21H2,1-3H3. The van der Waals surface area contributed by atoms with E-state index in [1.807, 2.05) is 33.0 Å². The van der Waals surface area contributed by atoms with Gasteiger partial charge in [-0.05, 0) is 57.1 Å². The summed E-state index contributed by atoms with van der Waals surface area (Å²) in [6, 6.07) is 29.3. The summed E-state index contributed by atoms with van der Waals surface area (Å²) in [4.78, 5) is 2.32. The Morgan fingerprint density at radius 3 is 1.74 bits per heavy atom. The summed E-state index contributed by atoms with van der Waals surface area (Å²) in [5.74, 6) is 0.280. The van der Waals surface area contributed by atoms with Crippen LogP contribution in [0.15, 0.2) is 95.9 Å². The molecule has 31 heavy (non-hydrogen) atoms. The Labute approximate surface area is 186 Å². The number of nitrogens with zero attached hydrogens (tertiary/aromatic N) is 1. The lowest BCUT2D eigenvalue weighted by molar-refractivity contribution is 0.0752. The second-order valence-electron chi connectivity index (χ2n) is 8.51. The minimum atomic E-state index is -3.81. The summed E-state index contributed by atoms with van der Waals surface area (Å²) in [6.45, 7) is 4.94. The third-order valence-corrected chi connectivity index (χ3v) is 6.74. The molecule has 0 fully saturated rings. The average molecular weight is 438 g/mol. The highest BCUT2D eigenvalue weighted by molar-refractivity contribution is 7.86. The van der Waals surface area contributed by atoms with Crippen LogP contribution in [0, 0.1) is 0 Å². The first-order chi connectivity index (χ1) is 14.8. The van der Waals surface area contributed by atoms with Crippen molar-refractivity contribution in [2.24, 2.45) is 0 Å². The molecule has 0 unspecified atom stereocenters. The molecule has 0 aromatic heterocycles. The molecule has 0 aliphatic rings. The van der Waals surface area contributed by atoms with Gasteiger partial charge in [0.05, 0.1) is 10.5 Å². The normalized spacial score (nSPS) is 12.4. The summed E-state index contributed by atoms with van der Waals surface area (Å²) in [6.07, 6.45) is 0.923. The molecule has 0 heterocycles. The molecule has 0 saturated heterocycles. The van der Waals surface area contributed by atoms with Gasteiger partial charge in [0.2, 0.25) is 0 Å². The third-order valence-electron chi connectivity index (χ3n) is 5.22. The predicted octanol–water partition coefficient (Wildman–Crippen LogP) is 5.32. The first-order valence-electron chi connectivity index (χ1n) is 10.6. The van der Waals surface area contributed by atoms with E-state index in [-0.39, 0.29) is 10.8 Å². The summed E-state index contributed by atoms with van der Waals surface area (Å²) in [5.41, 5.74) is 1.71. The molecule has 0 atom stereocenters. The van der Waals surface area contributed by atoms with Gasteiger partial charge >= 0.3 is 0 Å². The summed E-state index contributed by atoms with van der Waals surface area (Å²) >= 11 is 0. The number of benzene rings is 3. The summed E-state index contributed by atoms with van der Waals surface area (Å²) in [5, 5.41) is 0. The molecule has 0 N–H and O–H groups in total. The van der Waals surface area contributed by atoms with Crippen LogP contribution >= 0.6 is 0 Å². The van der Waals surface area contributed by atoms with E-state index in [0.29, 0.717) is 6.54 Å². The molecule has 0 radical (unpaired) electrons. The molecule has 0 spiro atoms. The highest BCUT2D eigenvalue weighted by Gasteiger charge is 2.29. The van der Waals surface area contributed by atoms with Crippen LogP contribution in [0.2, 0.25) is 0 Å². The van der Waals surface area contributed by atoms with E-state index in [2.05, 4.69) is 53.4 Å². The summed E-state index contributed by atoms with van der Waals surface area (Å²) < 4.78 is 30.8. The number of hydrogen-bond donors (Lipinski definition) is 0. The lowest BCUT2D eigenvalue weighted by atomic mass is 9.88. The van der Waals surface area contributed by atoms with Crippen LogP contribution in [0.3, 0.4) is 0 Å². The Kier molecular flexibility index (Phi) is 7.65. The topological polar surface area (TPSA) is 46.6 Å². The van der Waals surface area contributed by atoms with E-state index in [1.165, 1.54) is 11.1 Å². The van der Waals surface area contributed by atoms with Crippen LogP contribution in [0.4, 0.5) is 0 Å². The van der Waals surface area contributed by atoms with Crippen LogP contribution in [0.25, 0.3) is 0 Å². The van der Waals surface area contributed by atoms with Gasteiger partial charge in [-0.15, -0.1) is 0 Å². The Hall–Kier alpha value is -2.47. The highest BCUT2D eigenvalue weighted by Crippen LogP contribution is 2.28. The van der Waals surface area contributed by atoms with E-state index in [0.717, 1.165) is 13.0 Å². The lowest BCUT2D eigenvalue weighted by Crippen LogP contribution is -2.41. The molecule has 0 aliphatic carbocycles. The van der Waals surface area contributed by atoms with Gasteiger partial charge in [-0.25, -0.2) is 0 Å². The van der Waals surface area contributed by atoms with E-state index < -0.39 is 15.7 Å². The molecule has 0 saturated carbocycles. The maximum absolute atomic E-state index is 12.6. The maximum atomic E-state index is 12.6. The Morgan fingerprint density at radius 1 is 0.806 bits per heavy atom. The summed E-state index contributed by atoms with van der Waals surface area (Å²) in [7, 11) is -1.80. The van der Waals surface area contributed by atoms with Gasteiger partial charge in [-0.1, -0.05) is 78.9 Å². The van der Waals surface area contributed by atoms with Crippen molar-refractivity contribution in [3.05, 3.63) is 102 Å². The first-order valence-corrected chi connectivity index (χ1v) is 12.0. The smallest absolute Gasteiger partial charge is 0.297 e. The van der Waals surface area contributed by atoms with Crippen molar-refractivity contribution in [1.29, 1.82) is 0 Å². The van der Waals surface area contributed by atoms with Crippen molar-refractivity contribution >= 4 is 10.1 Å². The van der Waals surface area contributed by atoms with Crippen molar-refractivity contribution < 1.29 is 12.6 Å². The van der Waals surface area contributed by atoms with Gasteiger partial charge in [0.15, 0.2) is 0 Å². The fraction of sp³-hybridized carbons (Fsp3) is 0.308. The maximum Gasteiger partial charge on any atom is 0.297 e. The second kappa shape index (κ2) is 10.2. The van der Waals surface area contributed by atoms with Crippen molar-refractivity contribution in [2.45, 2.75) is 36.7 Å². The zero-order valence-corrected chi connectivity index (χ0v) is 19.3. The molecule has 4 nitrogen and oxygen atoms in total. The van der Waals surface area contributed by atoms with Gasteiger partial charge in [0, 0.05) is 12.5 Å². The second-order valence-corrected chi connectivity index (χ2v) is 10.1. The van der Waals surface area contributed by atoms with E-state index in [4.69, 9.17) is 4.18 Å².